The van der Waals surface area contributed by atoms with Crippen molar-refractivity contribution in [1.29, 1.82) is 0 Å². The van der Waals surface area contributed by atoms with E-state index in [1.807, 2.05) is 20.8 Å². The summed E-state index contributed by atoms with van der Waals surface area (Å²) in [7, 11) is 0. The van der Waals surface area contributed by atoms with Crippen molar-refractivity contribution in [3.63, 3.8) is 0 Å². The van der Waals surface area contributed by atoms with Crippen LogP contribution < -0.4 is 5.32 Å². The minimum atomic E-state index is -1.20. The van der Waals surface area contributed by atoms with Crippen molar-refractivity contribution in [3.8, 4) is 0 Å². The molecule has 1 aromatic rings. The highest BCUT2D eigenvalue weighted by molar-refractivity contribution is 7.80. The maximum Gasteiger partial charge on any atom is 0.336 e. The first-order valence-corrected chi connectivity index (χ1v) is 6.61. The summed E-state index contributed by atoms with van der Waals surface area (Å²) in [6.45, 7) is 5.76. The van der Waals surface area contributed by atoms with E-state index < -0.39 is 17.3 Å². The number of benzene rings is 1. The van der Waals surface area contributed by atoms with Crippen LogP contribution in [0, 0.1) is 11.7 Å². The molecule has 0 saturated heterocycles. The van der Waals surface area contributed by atoms with Gasteiger partial charge >= 0.3 is 5.97 Å². The van der Waals surface area contributed by atoms with E-state index in [2.05, 4.69) is 10.3 Å². The minimum absolute atomic E-state index is 0.0493. The van der Waals surface area contributed by atoms with Crippen LogP contribution in [0.4, 0.5) is 4.39 Å². The predicted molar refractivity (Wildman–Crippen MR) is 78.9 cm³/mol. The maximum absolute atomic E-state index is 14.0. The van der Waals surface area contributed by atoms with E-state index >= 15 is 0 Å². The van der Waals surface area contributed by atoms with Crippen LogP contribution in [0.25, 0.3) is 0 Å². The number of hydrogen-bond acceptors (Lipinski definition) is 3. The number of carbonyl (C=O) groups is 1. The van der Waals surface area contributed by atoms with Gasteiger partial charge in [-0.3, -0.25) is 4.99 Å². The number of amidine groups is 1. The van der Waals surface area contributed by atoms with E-state index in [-0.39, 0.29) is 22.9 Å². The lowest BCUT2D eigenvalue weighted by atomic mass is 9.90. The van der Waals surface area contributed by atoms with Gasteiger partial charge in [-0.1, -0.05) is 32.1 Å². The van der Waals surface area contributed by atoms with E-state index in [1.165, 1.54) is 18.2 Å². The lowest BCUT2D eigenvalue weighted by molar-refractivity contribution is 0.0696. The molecule has 0 saturated carbocycles. The van der Waals surface area contributed by atoms with E-state index in [0.717, 1.165) is 0 Å². The van der Waals surface area contributed by atoms with Crippen LogP contribution in [0.2, 0.25) is 0 Å². The lowest BCUT2D eigenvalue weighted by Gasteiger charge is -2.24. The molecule has 1 aromatic carbocycles. The van der Waals surface area contributed by atoms with Crippen molar-refractivity contribution < 1.29 is 14.3 Å². The molecule has 0 spiro atoms. The van der Waals surface area contributed by atoms with Gasteiger partial charge in [-0.2, -0.15) is 0 Å². The number of aliphatic imine (C=N–C) groups is 1. The SMILES string of the molecule is CC(C)C1(C)N=C(c2c(F)cccc2C(=O)O)NC1=S. The van der Waals surface area contributed by atoms with Crippen LogP contribution in [0.5, 0.6) is 0 Å². The zero-order valence-corrected chi connectivity index (χ0v) is 12.2. The Morgan fingerprint density at radius 1 is 1.50 bits per heavy atom. The molecule has 1 aliphatic heterocycles. The Labute approximate surface area is 121 Å². The van der Waals surface area contributed by atoms with Crippen LogP contribution in [0.3, 0.4) is 0 Å². The second-order valence-electron chi connectivity index (χ2n) is 5.18. The quantitative estimate of drug-likeness (QED) is 0.841. The molecule has 0 aliphatic carbocycles. The average molecular weight is 294 g/mol. The molecule has 1 atom stereocenters. The van der Waals surface area contributed by atoms with Gasteiger partial charge < -0.3 is 10.4 Å². The molecule has 4 nitrogen and oxygen atoms in total. The zero-order valence-electron chi connectivity index (χ0n) is 11.4. The third-order valence-electron chi connectivity index (χ3n) is 3.64. The topological polar surface area (TPSA) is 61.7 Å². The largest absolute Gasteiger partial charge is 0.478 e. The summed E-state index contributed by atoms with van der Waals surface area (Å²) in [5.74, 6) is -1.54. The highest BCUT2D eigenvalue weighted by Crippen LogP contribution is 2.29. The molecule has 0 radical (unpaired) electrons. The Bertz CT molecular complexity index is 628. The van der Waals surface area contributed by atoms with Gasteiger partial charge in [-0.05, 0) is 25.0 Å². The number of halogens is 1. The molecule has 20 heavy (non-hydrogen) atoms. The summed E-state index contributed by atoms with van der Waals surface area (Å²) in [6.07, 6.45) is 0. The Kier molecular flexibility index (Phi) is 3.60. The number of carboxylic acid groups (broad SMARTS) is 1. The molecule has 0 aromatic heterocycles. The molecular weight excluding hydrogens is 279 g/mol. The van der Waals surface area contributed by atoms with Gasteiger partial charge in [0.25, 0.3) is 0 Å². The molecular formula is C14H15FN2O2S. The average Bonchev–Trinajstić information content (AvgIpc) is 2.66. The Morgan fingerprint density at radius 2 is 2.15 bits per heavy atom. The van der Waals surface area contributed by atoms with Gasteiger partial charge in [0.2, 0.25) is 0 Å². The van der Waals surface area contributed by atoms with E-state index in [0.29, 0.717) is 4.99 Å². The predicted octanol–water partition coefficient (Wildman–Crippen LogP) is 2.62. The molecule has 2 N–H and O–H groups in total. The third-order valence-corrected chi connectivity index (χ3v) is 4.16. The summed E-state index contributed by atoms with van der Waals surface area (Å²) >= 11 is 5.26. The summed E-state index contributed by atoms with van der Waals surface area (Å²) in [5, 5.41) is 12.0. The molecule has 6 heteroatoms. The third kappa shape index (κ3) is 2.20. The fraction of sp³-hybridized carbons (Fsp3) is 0.357. The fourth-order valence-corrected chi connectivity index (χ4v) is 2.38. The number of thiocarbonyl (C=S) groups is 1. The van der Waals surface area contributed by atoms with Gasteiger partial charge in [0.1, 0.15) is 22.2 Å². The monoisotopic (exact) mass is 294 g/mol. The molecule has 0 fully saturated rings. The number of hydrogen-bond donors (Lipinski definition) is 2. The van der Waals surface area contributed by atoms with Crippen LogP contribution in [-0.2, 0) is 0 Å². The van der Waals surface area contributed by atoms with Crippen LogP contribution in [-0.4, -0.2) is 27.4 Å². The summed E-state index contributed by atoms with van der Waals surface area (Å²) in [6, 6.07) is 3.91. The smallest absolute Gasteiger partial charge is 0.336 e. The van der Waals surface area contributed by atoms with E-state index in [9.17, 15) is 14.3 Å². The molecule has 1 heterocycles. The standard InChI is InChI=1S/C14H15FN2O2S/c1-7(2)14(3)13(20)16-11(17-14)10-8(12(18)19)5-4-6-9(10)15/h4-7H,1-3H3,(H,18,19)(H,16,17,20). The van der Waals surface area contributed by atoms with Crippen molar-refractivity contribution in [2.75, 3.05) is 0 Å². The Morgan fingerprint density at radius 3 is 2.65 bits per heavy atom. The van der Waals surface area contributed by atoms with Gasteiger partial charge in [-0.15, -0.1) is 0 Å². The summed E-state index contributed by atoms with van der Waals surface area (Å²) in [5.41, 5.74) is -0.832. The van der Waals surface area contributed by atoms with Gasteiger partial charge in [0.05, 0.1) is 11.1 Å². The highest BCUT2D eigenvalue weighted by atomic mass is 32.1. The Balaban J connectivity index is 2.60. The minimum Gasteiger partial charge on any atom is -0.478 e. The van der Waals surface area contributed by atoms with Crippen molar-refractivity contribution in [2.24, 2.45) is 10.9 Å². The number of rotatable bonds is 3. The maximum atomic E-state index is 14.0. The van der Waals surface area contributed by atoms with Crippen LogP contribution >= 0.6 is 12.2 Å². The molecule has 1 aliphatic rings. The number of nitrogens with zero attached hydrogens (tertiary/aromatic N) is 1. The first-order valence-electron chi connectivity index (χ1n) is 6.21. The normalized spacial score (nSPS) is 21.9. The van der Waals surface area contributed by atoms with Gasteiger partial charge in [0, 0.05) is 0 Å². The van der Waals surface area contributed by atoms with Gasteiger partial charge in [0.15, 0.2) is 0 Å². The molecule has 106 valence electrons. The fourth-order valence-electron chi connectivity index (χ4n) is 2.00. The summed E-state index contributed by atoms with van der Waals surface area (Å²) in [4.78, 5) is 16.1. The van der Waals surface area contributed by atoms with Crippen molar-refractivity contribution in [1.82, 2.24) is 5.32 Å². The second kappa shape index (κ2) is 4.94. The van der Waals surface area contributed by atoms with Gasteiger partial charge in [-0.25, -0.2) is 9.18 Å². The summed E-state index contributed by atoms with van der Waals surface area (Å²) < 4.78 is 14.0. The van der Waals surface area contributed by atoms with Crippen molar-refractivity contribution in [3.05, 3.63) is 35.1 Å². The first kappa shape index (κ1) is 14.6. The molecule has 0 bridgehead atoms. The Hall–Kier alpha value is -1.82. The molecule has 2 rings (SSSR count). The van der Waals surface area contributed by atoms with E-state index in [1.54, 1.807) is 0 Å². The van der Waals surface area contributed by atoms with Crippen molar-refractivity contribution >= 4 is 29.0 Å². The first-order chi connectivity index (χ1) is 9.27. The van der Waals surface area contributed by atoms with Crippen LogP contribution in [0.1, 0.15) is 36.7 Å². The number of carboxylic acids is 1. The van der Waals surface area contributed by atoms with Crippen LogP contribution in [0.15, 0.2) is 23.2 Å². The molecule has 1 unspecified atom stereocenters. The highest BCUT2D eigenvalue weighted by Gasteiger charge is 2.40. The second-order valence-corrected chi connectivity index (χ2v) is 5.59. The number of aromatic carboxylic acids is 1. The van der Waals surface area contributed by atoms with Crippen molar-refractivity contribution in [2.45, 2.75) is 26.3 Å². The molecule has 0 amide bonds. The number of nitrogens with one attached hydrogen (secondary N) is 1. The van der Waals surface area contributed by atoms with E-state index in [4.69, 9.17) is 12.2 Å². The lowest BCUT2D eigenvalue weighted by Crippen LogP contribution is -2.40. The zero-order chi connectivity index (χ0) is 15.1.